The molecule has 15 heavy (non-hydrogen) atoms. The molecule has 0 aromatic carbocycles. The summed E-state index contributed by atoms with van der Waals surface area (Å²) in [5, 5.41) is 0. The highest BCUT2D eigenvalue weighted by Crippen LogP contribution is 2.37. The molecule has 0 N–H and O–H groups in total. The largest absolute Gasteiger partial charge is 0.498 e. The molecule has 2 nitrogen and oxygen atoms in total. The van der Waals surface area contributed by atoms with Gasteiger partial charge in [-0.05, 0) is 44.6 Å². The van der Waals surface area contributed by atoms with Crippen LogP contribution in [-0.4, -0.2) is 12.4 Å². The number of rotatable bonds is 3. The summed E-state index contributed by atoms with van der Waals surface area (Å²) in [6.45, 7) is 2.82. The maximum absolute atomic E-state index is 11.2. The first-order valence-electron chi connectivity index (χ1n) is 6.17. The van der Waals surface area contributed by atoms with Gasteiger partial charge in [0.05, 0.1) is 12.4 Å². The van der Waals surface area contributed by atoms with Gasteiger partial charge < -0.3 is 4.74 Å². The SMILES string of the molecule is CCOC(=C1CCC1)C1CCC(=O)CC1. The smallest absolute Gasteiger partial charge is 0.132 e. The molecule has 0 amide bonds. The lowest BCUT2D eigenvalue weighted by Gasteiger charge is -2.29. The summed E-state index contributed by atoms with van der Waals surface area (Å²) in [6.07, 6.45) is 7.30. The lowest BCUT2D eigenvalue weighted by atomic mass is 9.81. The van der Waals surface area contributed by atoms with E-state index in [1.807, 2.05) is 6.92 Å². The van der Waals surface area contributed by atoms with E-state index < -0.39 is 0 Å². The Balaban J connectivity index is 2.01. The number of carbonyl (C=O) groups excluding carboxylic acids is 1. The van der Waals surface area contributed by atoms with E-state index in [1.165, 1.54) is 30.6 Å². The second kappa shape index (κ2) is 4.82. The van der Waals surface area contributed by atoms with Gasteiger partial charge in [0.1, 0.15) is 5.78 Å². The number of ketones is 1. The van der Waals surface area contributed by atoms with E-state index in [0.29, 0.717) is 11.7 Å². The minimum absolute atomic E-state index is 0.431. The summed E-state index contributed by atoms with van der Waals surface area (Å²) >= 11 is 0. The molecule has 84 valence electrons. The third-order valence-electron chi connectivity index (χ3n) is 3.52. The molecule has 2 aliphatic carbocycles. The first kappa shape index (κ1) is 10.7. The summed E-state index contributed by atoms with van der Waals surface area (Å²) in [4.78, 5) is 11.2. The van der Waals surface area contributed by atoms with Gasteiger partial charge in [-0.2, -0.15) is 0 Å². The second-order valence-electron chi connectivity index (χ2n) is 4.57. The molecule has 0 aromatic rings. The Labute approximate surface area is 91.7 Å². The summed E-state index contributed by atoms with van der Waals surface area (Å²) in [5.74, 6) is 2.22. The number of hydrogen-bond donors (Lipinski definition) is 0. The van der Waals surface area contributed by atoms with E-state index in [4.69, 9.17) is 4.74 Å². The predicted octanol–water partition coefficient (Wildman–Crippen LogP) is 3.22. The van der Waals surface area contributed by atoms with Crippen molar-refractivity contribution in [1.29, 1.82) is 0 Å². The third-order valence-corrected chi connectivity index (χ3v) is 3.52. The van der Waals surface area contributed by atoms with Gasteiger partial charge in [-0.3, -0.25) is 4.79 Å². The van der Waals surface area contributed by atoms with Crippen LogP contribution in [0.15, 0.2) is 11.3 Å². The monoisotopic (exact) mass is 208 g/mol. The Hall–Kier alpha value is -0.790. The van der Waals surface area contributed by atoms with Gasteiger partial charge >= 0.3 is 0 Å². The lowest BCUT2D eigenvalue weighted by molar-refractivity contribution is -0.121. The second-order valence-corrected chi connectivity index (χ2v) is 4.57. The van der Waals surface area contributed by atoms with Crippen LogP contribution in [0.1, 0.15) is 51.9 Å². The van der Waals surface area contributed by atoms with Crippen LogP contribution in [0.3, 0.4) is 0 Å². The zero-order valence-electron chi connectivity index (χ0n) is 9.55. The number of carbonyl (C=O) groups is 1. The van der Waals surface area contributed by atoms with Crippen molar-refractivity contribution in [3.8, 4) is 0 Å². The van der Waals surface area contributed by atoms with Gasteiger partial charge in [-0.25, -0.2) is 0 Å². The quantitative estimate of drug-likeness (QED) is 0.666. The van der Waals surface area contributed by atoms with E-state index in [2.05, 4.69) is 0 Å². The third kappa shape index (κ3) is 2.42. The van der Waals surface area contributed by atoms with Crippen molar-refractivity contribution < 1.29 is 9.53 Å². The van der Waals surface area contributed by atoms with E-state index in [1.54, 1.807) is 0 Å². The number of Topliss-reactive ketones (excluding diaryl/α,β-unsaturated/α-hetero) is 1. The molecule has 2 rings (SSSR count). The molecule has 2 saturated carbocycles. The van der Waals surface area contributed by atoms with E-state index in [9.17, 15) is 4.79 Å². The van der Waals surface area contributed by atoms with E-state index in [0.717, 1.165) is 32.3 Å². The first-order valence-corrected chi connectivity index (χ1v) is 6.17. The fourth-order valence-electron chi connectivity index (χ4n) is 2.47. The molecule has 0 spiro atoms. The molecule has 0 heterocycles. The molecule has 0 atom stereocenters. The molecular formula is C13H20O2. The molecule has 0 saturated heterocycles. The Kier molecular flexibility index (Phi) is 3.45. The van der Waals surface area contributed by atoms with Gasteiger partial charge in [-0.1, -0.05) is 0 Å². The summed E-state index contributed by atoms with van der Waals surface area (Å²) in [6, 6.07) is 0. The average Bonchev–Trinajstić information content (AvgIpc) is 2.16. The standard InChI is InChI=1S/C13H20O2/c1-2-15-13(10-4-3-5-10)11-6-8-12(14)9-7-11/h11H,2-9H2,1H3. The molecule has 0 unspecified atom stereocenters. The summed E-state index contributed by atoms with van der Waals surface area (Å²) in [7, 11) is 0. The van der Waals surface area contributed by atoms with Crippen molar-refractivity contribution in [1.82, 2.24) is 0 Å². The Bertz CT molecular complexity index is 262. The van der Waals surface area contributed by atoms with Crippen molar-refractivity contribution in [3.63, 3.8) is 0 Å². The Morgan fingerprint density at radius 3 is 2.40 bits per heavy atom. The maximum Gasteiger partial charge on any atom is 0.132 e. The van der Waals surface area contributed by atoms with Crippen molar-refractivity contribution in [2.24, 2.45) is 5.92 Å². The fraction of sp³-hybridized carbons (Fsp3) is 0.769. The predicted molar refractivity (Wildman–Crippen MR) is 59.5 cm³/mol. The van der Waals surface area contributed by atoms with Crippen LogP contribution in [-0.2, 0) is 9.53 Å². The van der Waals surface area contributed by atoms with Crippen LogP contribution in [0, 0.1) is 5.92 Å². The Morgan fingerprint density at radius 1 is 1.27 bits per heavy atom. The summed E-state index contributed by atoms with van der Waals surface area (Å²) < 4.78 is 5.79. The van der Waals surface area contributed by atoms with Gasteiger partial charge in [0, 0.05) is 18.8 Å². The highest BCUT2D eigenvalue weighted by atomic mass is 16.5. The van der Waals surface area contributed by atoms with Gasteiger partial charge in [0.15, 0.2) is 0 Å². The molecule has 0 bridgehead atoms. The zero-order chi connectivity index (χ0) is 10.7. The van der Waals surface area contributed by atoms with Crippen molar-refractivity contribution in [2.45, 2.75) is 51.9 Å². The van der Waals surface area contributed by atoms with Crippen molar-refractivity contribution in [2.75, 3.05) is 6.61 Å². The first-order chi connectivity index (χ1) is 7.31. The highest BCUT2D eigenvalue weighted by Gasteiger charge is 2.27. The molecule has 0 aliphatic heterocycles. The number of hydrogen-bond acceptors (Lipinski definition) is 2. The number of ether oxygens (including phenoxy) is 1. The molecule has 0 radical (unpaired) electrons. The van der Waals surface area contributed by atoms with Gasteiger partial charge in [0.2, 0.25) is 0 Å². The minimum Gasteiger partial charge on any atom is -0.498 e. The maximum atomic E-state index is 11.2. The molecule has 2 fully saturated rings. The summed E-state index contributed by atoms with van der Waals surface area (Å²) in [5.41, 5.74) is 1.52. The molecular weight excluding hydrogens is 188 g/mol. The molecule has 2 aliphatic rings. The van der Waals surface area contributed by atoms with Crippen LogP contribution < -0.4 is 0 Å². The van der Waals surface area contributed by atoms with Gasteiger partial charge in [0.25, 0.3) is 0 Å². The van der Waals surface area contributed by atoms with Crippen LogP contribution in [0.5, 0.6) is 0 Å². The molecule has 2 heteroatoms. The van der Waals surface area contributed by atoms with Gasteiger partial charge in [-0.15, -0.1) is 0 Å². The minimum atomic E-state index is 0.431. The topological polar surface area (TPSA) is 26.3 Å². The normalized spacial score (nSPS) is 22.5. The van der Waals surface area contributed by atoms with Crippen molar-refractivity contribution in [3.05, 3.63) is 11.3 Å². The number of allylic oxidation sites excluding steroid dienone is 2. The Morgan fingerprint density at radius 2 is 1.93 bits per heavy atom. The lowest BCUT2D eigenvalue weighted by Crippen LogP contribution is -2.20. The zero-order valence-corrected chi connectivity index (χ0v) is 9.55. The van der Waals surface area contributed by atoms with Crippen LogP contribution >= 0.6 is 0 Å². The van der Waals surface area contributed by atoms with Crippen molar-refractivity contribution >= 4 is 5.78 Å². The fourth-order valence-corrected chi connectivity index (χ4v) is 2.47. The van der Waals surface area contributed by atoms with Crippen LogP contribution in [0.4, 0.5) is 0 Å². The highest BCUT2D eigenvalue weighted by molar-refractivity contribution is 5.79. The molecule has 0 aromatic heterocycles. The average molecular weight is 208 g/mol. The van der Waals surface area contributed by atoms with E-state index >= 15 is 0 Å². The van der Waals surface area contributed by atoms with E-state index in [-0.39, 0.29) is 0 Å². The van der Waals surface area contributed by atoms with Crippen LogP contribution in [0.2, 0.25) is 0 Å². The van der Waals surface area contributed by atoms with Crippen LogP contribution in [0.25, 0.3) is 0 Å².